The fourth-order valence-electron chi connectivity index (χ4n) is 7.42. The number of furan rings is 1. The van der Waals surface area contributed by atoms with Crippen LogP contribution in [0.1, 0.15) is 37.5 Å². The third kappa shape index (κ3) is 4.02. The second kappa shape index (κ2) is 9.91. The van der Waals surface area contributed by atoms with Gasteiger partial charge in [-0.25, -0.2) is 9.97 Å². The monoisotopic (exact) mass is 610 g/mol. The Morgan fingerprint density at radius 1 is 0.660 bits per heavy atom. The number of rotatable bonds is 3. The van der Waals surface area contributed by atoms with Gasteiger partial charge < -0.3 is 8.98 Å². The van der Waals surface area contributed by atoms with Gasteiger partial charge in [-0.1, -0.05) is 75.4 Å². The van der Waals surface area contributed by atoms with Gasteiger partial charge in [0.2, 0.25) is 5.71 Å². The second-order valence-electron chi connectivity index (χ2n) is 13.6. The van der Waals surface area contributed by atoms with E-state index in [0.29, 0.717) is 5.71 Å². The topological polar surface area (TPSA) is 48.8 Å². The van der Waals surface area contributed by atoms with E-state index in [4.69, 9.17) is 9.40 Å². The summed E-state index contributed by atoms with van der Waals surface area (Å²) in [5.74, 6) is 0.846. The van der Waals surface area contributed by atoms with Crippen LogP contribution in [0.2, 0.25) is 0 Å². The van der Waals surface area contributed by atoms with Gasteiger partial charge in [0.05, 0.1) is 33.3 Å². The second-order valence-corrected chi connectivity index (χ2v) is 13.6. The number of hydrogen-bond donors (Lipinski definition) is 0. The molecule has 4 aromatic heterocycles. The molecule has 4 heterocycles. The number of pyridine rings is 1. The Hall–Kier alpha value is -5.68. The van der Waals surface area contributed by atoms with E-state index in [9.17, 15) is 0 Å². The molecule has 0 saturated carbocycles. The van der Waals surface area contributed by atoms with Crippen LogP contribution < -0.4 is 0 Å². The van der Waals surface area contributed by atoms with Crippen molar-refractivity contribution in [3.63, 3.8) is 0 Å². The molecule has 0 N–H and O–H groups in total. The van der Waals surface area contributed by atoms with Crippen LogP contribution in [-0.2, 0) is 5.41 Å². The van der Waals surface area contributed by atoms with Crippen molar-refractivity contribution in [3.05, 3.63) is 132 Å². The first-order valence-corrected chi connectivity index (χ1v) is 16.2. The van der Waals surface area contributed by atoms with E-state index < -0.39 is 0 Å². The molecule has 0 fully saturated rings. The number of fused-ring (bicyclic) bond motifs is 7. The van der Waals surface area contributed by atoms with Gasteiger partial charge in [0.1, 0.15) is 11.4 Å². The summed E-state index contributed by atoms with van der Waals surface area (Å²) in [6, 6.07) is 38.8. The minimum Gasteiger partial charge on any atom is -0.437 e. The molecule has 0 unspecified atom stereocenters. The number of hydrogen-bond acceptors (Lipinski definition) is 3. The van der Waals surface area contributed by atoms with E-state index in [-0.39, 0.29) is 5.41 Å². The summed E-state index contributed by atoms with van der Waals surface area (Å²) in [7, 11) is 0. The van der Waals surface area contributed by atoms with Crippen LogP contribution in [0.25, 0.3) is 77.7 Å². The van der Waals surface area contributed by atoms with Crippen LogP contribution in [0.15, 0.2) is 120 Å². The number of para-hydroxylation sites is 4. The van der Waals surface area contributed by atoms with Crippen molar-refractivity contribution in [1.82, 2.24) is 19.1 Å². The SMILES string of the molecule is Cc1cc2c3ccc(C(C)(C)C)cc3n(-c3ccccc3)c2c(C)c1-n1c(-c2cccc3c2oc2ncccc23)nc2ccccc21. The van der Waals surface area contributed by atoms with Crippen molar-refractivity contribution in [2.75, 3.05) is 0 Å². The molecule has 5 aromatic carbocycles. The van der Waals surface area contributed by atoms with Crippen molar-refractivity contribution in [1.29, 1.82) is 0 Å². The number of aryl methyl sites for hydroxylation is 2. The lowest BCUT2D eigenvalue weighted by Gasteiger charge is -2.20. The van der Waals surface area contributed by atoms with Gasteiger partial charge in [-0.3, -0.25) is 4.57 Å². The number of imidazole rings is 1. The maximum Gasteiger partial charge on any atom is 0.227 e. The van der Waals surface area contributed by atoms with Crippen molar-refractivity contribution >= 4 is 54.9 Å². The van der Waals surface area contributed by atoms with Crippen LogP contribution in [0, 0.1) is 13.8 Å². The third-order valence-electron chi connectivity index (χ3n) is 9.63. The molecule has 0 spiro atoms. The number of nitrogens with zero attached hydrogens (tertiary/aromatic N) is 4. The summed E-state index contributed by atoms with van der Waals surface area (Å²) in [5.41, 5.74) is 12.8. The van der Waals surface area contributed by atoms with Gasteiger partial charge in [0, 0.05) is 33.4 Å². The zero-order valence-corrected chi connectivity index (χ0v) is 27.2. The number of aromatic nitrogens is 4. The molecule has 9 rings (SSSR count). The van der Waals surface area contributed by atoms with Crippen LogP contribution >= 0.6 is 0 Å². The molecular formula is C42H34N4O. The third-order valence-corrected chi connectivity index (χ3v) is 9.63. The highest BCUT2D eigenvalue weighted by atomic mass is 16.3. The van der Waals surface area contributed by atoms with E-state index >= 15 is 0 Å². The Balaban J connectivity index is 1.41. The minimum atomic E-state index is 0.0279. The highest BCUT2D eigenvalue weighted by Crippen LogP contribution is 2.43. The molecule has 0 aliphatic rings. The summed E-state index contributed by atoms with van der Waals surface area (Å²) in [4.78, 5) is 9.80. The van der Waals surface area contributed by atoms with Gasteiger partial charge >= 0.3 is 0 Å². The van der Waals surface area contributed by atoms with Crippen molar-refractivity contribution in [3.8, 4) is 22.8 Å². The molecule has 0 aliphatic carbocycles. The Bertz CT molecular complexity index is 2680. The first-order chi connectivity index (χ1) is 22.8. The normalized spacial score (nSPS) is 12.4. The Labute approximate surface area is 272 Å². The molecule has 0 radical (unpaired) electrons. The van der Waals surface area contributed by atoms with Crippen LogP contribution in [-0.4, -0.2) is 19.1 Å². The maximum atomic E-state index is 6.44. The van der Waals surface area contributed by atoms with Crippen molar-refractivity contribution in [2.45, 2.75) is 40.0 Å². The molecule has 5 heteroatoms. The van der Waals surface area contributed by atoms with E-state index in [1.54, 1.807) is 6.20 Å². The molecule has 5 nitrogen and oxygen atoms in total. The highest BCUT2D eigenvalue weighted by molar-refractivity contribution is 6.12. The average Bonchev–Trinajstić information content (AvgIpc) is 3.75. The van der Waals surface area contributed by atoms with Gasteiger partial charge in [-0.15, -0.1) is 0 Å². The standard InChI is InChI=1S/C42H34N4O/c1-25-23-33-29-21-20-27(42(3,4)5)24-36(29)45(28-13-7-6-8-14-28)38(33)26(2)37(25)46-35-19-10-9-18-34(35)44-40(46)32-16-11-15-30-31-17-12-22-43-41(31)47-39(30)32/h6-24H,1-5H3. The molecule has 47 heavy (non-hydrogen) atoms. The van der Waals surface area contributed by atoms with Gasteiger partial charge in [-0.05, 0) is 90.6 Å². The fraction of sp³-hybridized carbons (Fsp3) is 0.143. The smallest absolute Gasteiger partial charge is 0.227 e. The maximum absolute atomic E-state index is 6.44. The lowest BCUT2D eigenvalue weighted by Crippen LogP contribution is -2.10. The van der Waals surface area contributed by atoms with Crippen LogP contribution in [0.5, 0.6) is 0 Å². The van der Waals surface area contributed by atoms with Gasteiger partial charge in [-0.2, -0.15) is 0 Å². The quantitative estimate of drug-likeness (QED) is 0.200. The van der Waals surface area contributed by atoms with Crippen LogP contribution in [0.3, 0.4) is 0 Å². The molecule has 0 bridgehead atoms. The predicted molar refractivity (Wildman–Crippen MR) is 194 cm³/mol. The summed E-state index contributed by atoms with van der Waals surface area (Å²) in [5, 5.41) is 4.54. The summed E-state index contributed by atoms with van der Waals surface area (Å²) in [6.45, 7) is 11.3. The van der Waals surface area contributed by atoms with E-state index in [1.807, 2.05) is 6.07 Å². The van der Waals surface area contributed by atoms with Gasteiger partial charge in [0.15, 0.2) is 0 Å². The zero-order valence-electron chi connectivity index (χ0n) is 27.2. The highest BCUT2D eigenvalue weighted by Gasteiger charge is 2.25. The predicted octanol–water partition coefficient (Wildman–Crippen LogP) is 11.0. The Morgan fingerprint density at radius 3 is 2.28 bits per heavy atom. The Morgan fingerprint density at radius 2 is 1.45 bits per heavy atom. The summed E-state index contributed by atoms with van der Waals surface area (Å²) < 4.78 is 11.2. The molecule has 9 aromatic rings. The zero-order chi connectivity index (χ0) is 32.0. The largest absolute Gasteiger partial charge is 0.437 e. The van der Waals surface area contributed by atoms with Crippen molar-refractivity contribution < 1.29 is 4.42 Å². The molecule has 0 atom stereocenters. The molecule has 0 aliphatic heterocycles. The van der Waals surface area contributed by atoms with E-state index in [1.165, 1.54) is 38.5 Å². The van der Waals surface area contributed by atoms with Crippen LogP contribution in [0.4, 0.5) is 0 Å². The van der Waals surface area contributed by atoms with Gasteiger partial charge in [0.25, 0.3) is 0 Å². The average molecular weight is 611 g/mol. The lowest BCUT2D eigenvalue weighted by atomic mass is 9.86. The molecule has 0 amide bonds. The Kier molecular flexibility index (Phi) is 5.82. The summed E-state index contributed by atoms with van der Waals surface area (Å²) >= 11 is 0. The van der Waals surface area contributed by atoms with E-state index in [2.05, 4.69) is 152 Å². The number of benzene rings is 5. The lowest BCUT2D eigenvalue weighted by molar-refractivity contribution is 0.591. The molecular weight excluding hydrogens is 576 g/mol. The first kappa shape index (κ1) is 27.6. The first-order valence-electron chi connectivity index (χ1n) is 16.2. The fourth-order valence-corrected chi connectivity index (χ4v) is 7.42. The summed E-state index contributed by atoms with van der Waals surface area (Å²) in [6.07, 6.45) is 1.78. The van der Waals surface area contributed by atoms with Crippen molar-refractivity contribution in [2.24, 2.45) is 0 Å². The van der Waals surface area contributed by atoms with E-state index in [0.717, 1.165) is 50.2 Å². The molecule has 228 valence electrons. The minimum absolute atomic E-state index is 0.0279. The molecule has 0 saturated heterocycles.